The molecule has 0 aromatic heterocycles. The van der Waals surface area contributed by atoms with E-state index in [1.807, 2.05) is 6.07 Å². The molecule has 4 rings (SSSR count). The van der Waals surface area contributed by atoms with Gasteiger partial charge in [-0.3, -0.25) is 0 Å². The molecule has 12 heteroatoms. The Labute approximate surface area is 198 Å². The largest absolute Gasteiger partial charge is 0.476 e. The molecule has 36 heavy (non-hydrogen) atoms. The van der Waals surface area contributed by atoms with Crippen molar-refractivity contribution in [2.75, 3.05) is 6.61 Å². The van der Waals surface area contributed by atoms with Crippen molar-refractivity contribution in [2.24, 2.45) is 5.73 Å². The highest BCUT2D eigenvalue weighted by Crippen LogP contribution is 2.43. The van der Waals surface area contributed by atoms with Gasteiger partial charge in [0.05, 0.1) is 5.92 Å². The van der Waals surface area contributed by atoms with Gasteiger partial charge in [0.2, 0.25) is 35.0 Å². The summed E-state index contributed by atoms with van der Waals surface area (Å²) >= 11 is 0. The lowest BCUT2D eigenvalue weighted by atomic mass is 9.83. The maximum absolute atomic E-state index is 13.7. The number of hydrogen-bond acceptors (Lipinski definition) is 6. The normalized spacial score (nSPS) is 14.5. The van der Waals surface area contributed by atoms with Gasteiger partial charge in [0.1, 0.15) is 29.0 Å². The molecule has 0 spiro atoms. The first-order valence-corrected chi connectivity index (χ1v) is 9.94. The van der Waals surface area contributed by atoms with Crippen LogP contribution in [0, 0.1) is 46.2 Å². The first kappa shape index (κ1) is 24.5. The quantitative estimate of drug-likeness (QED) is 0.177. The molecule has 1 heterocycles. The van der Waals surface area contributed by atoms with Crippen LogP contribution in [0.1, 0.15) is 17.0 Å². The van der Waals surface area contributed by atoms with E-state index in [9.17, 15) is 36.4 Å². The summed E-state index contributed by atoms with van der Waals surface area (Å²) in [6, 6.07) is 11.3. The first-order chi connectivity index (χ1) is 17.1. The molecule has 1 aliphatic heterocycles. The minimum absolute atomic E-state index is 0.0649. The van der Waals surface area contributed by atoms with Gasteiger partial charge in [0.25, 0.3) is 0 Å². The van der Waals surface area contributed by atoms with Crippen LogP contribution in [0.25, 0.3) is 0 Å². The Morgan fingerprint density at radius 3 is 2.17 bits per heavy atom. The van der Waals surface area contributed by atoms with Crippen LogP contribution >= 0.6 is 0 Å². The minimum atomic E-state index is -2.37. The minimum Gasteiger partial charge on any atom is -0.476 e. The molecule has 184 valence electrons. The summed E-state index contributed by atoms with van der Waals surface area (Å²) in [5, 5.41) is 9.54. The average Bonchev–Trinajstić information content (AvgIpc) is 2.86. The summed E-state index contributed by atoms with van der Waals surface area (Å²) < 4.78 is 95.3. The van der Waals surface area contributed by atoms with Gasteiger partial charge >= 0.3 is 5.97 Å². The van der Waals surface area contributed by atoms with Crippen molar-refractivity contribution in [2.45, 2.75) is 5.92 Å². The molecule has 3 aromatic carbocycles. The van der Waals surface area contributed by atoms with Gasteiger partial charge in [0.15, 0.2) is 12.4 Å². The smallest absolute Gasteiger partial charge is 0.349 e. The molecule has 1 unspecified atom stereocenters. The fraction of sp³-hybridized carbons (Fsp3) is 0.0833. The number of fused-ring (bicyclic) bond motifs is 1. The average molecular weight is 506 g/mol. The number of ether oxygens (including phenoxy) is 3. The van der Waals surface area contributed by atoms with Gasteiger partial charge in [-0.05, 0) is 23.8 Å². The van der Waals surface area contributed by atoms with Crippen LogP contribution in [-0.2, 0) is 4.79 Å². The molecule has 1 aliphatic rings. The molecule has 0 radical (unpaired) electrons. The van der Waals surface area contributed by atoms with Crippen LogP contribution in [0.4, 0.5) is 26.3 Å². The van der Waals surface area contributed by atoms with E-state index < -0.39 is 59.1 Å². The number of nitrogens with zero attached hydrogens (tertiary/aromatic N) is 1. The second-order valence-electron chi connectivity index (χ2n) is 7.34. The number of halogens is 6. The molecule has 3 aromatic rings. The number of benzene rings is 3. The fourth-order valence-electron chi connectivity index (χ4n) is 3.50. The maximum Gasteiger partial charge on any atom is 0.349 e. The number of carbonyl (C=O) groups excluding carboxylic acids is 1. The molecular formula is C24H12F6N2O4. The number of esters is 1. The van der Waals surface area contributed by atoms with E-state index in [1.54, 1.807) is 0 Å². The number of rotatable bonds is 5. The number of nitriles is 1. The number of hydrogen-bond donors (Lipinski definition) is 1. The van der Waals surface area contributed by atoms with Gasteiger partial charge < -0.3 is 19.9 Å². The van der Waals surface area contributed by atoms with Crippen molar-refractivity contribution in [1.29, 1.82) is 5.26 Å². The summed E-state index contributed by atoms with van der Waals surface area (Å²) in [5.41, 5.74) is 6.89. The third-order valence-corrected chi connectivity index (χ3v) is 5.13. The highest BCUT2D eigenvalue weighted by molar-refractivity contribution is 5.74. The zero-order valence-electron chi connectivity index (χ0n) is 17.8. The Hall–Kier alpha value is -4.66. The maximum atomic E-state index is 13.7. The van der Waals surface area contributed by atoms with Gasteiger partial charge in [-0.15, -0.1) is 0 Å². The Morgan fingerprint density at radius 1 is 0.944 bits per heavy atom. The van der Waals surface area contributed by atoms with Crippen LogP contribution in [0.3, 0.4) is 0 Å². The van der Waals surface area contributed by atoms with E-state index in [4.69, 9.17) is 15.2 Å². The van der Waals surface area contributed by atoms with E-state index in [0.29, 0.717) is 11.1 Å². The standard InChI is InChI=1S/C24H12F6N2O4/c25-11-3-1-10(2-4-11)17-13-6-5-12(7-15(13)36-24(32)14(17)8-31)35-16(33)9-34-23-21(29)19(27)18(26)20(28)22(23)30/h1-7,17H,9,32H2. The molecule has 1 atom stereocenters. The molecule has 0 bridgehead atoms. The van der Waals surface area contributed by atoms with Crippen molar-refractivity contribution < 1.29 is 45.3 Å². The number of allylic oxidation sites excluding steroid dienone is 1. The van der Waals surface area contributed by atoms with Crippen LogP contribution in [0.5, 0.6) is 17.2 Å². The second-order valence-corrected chi connectivity index (χ2v) is 7.34. The molecule has 0 amide bonds. The summed E-state index contributed by atoms with van der Waals surface area (Å²) in [6.07, 6.45) is 0. The summed E-state index contributed by atoms with van der Waals surface area (Å²) in [5.74, 6) is -15.7. The molecule has 0 saturated heterocycles. The van der Waals surface area contributed by atoms with Gasteiger partial charge in [-0.2, -0.15) is 14.0 Å². The third kappa shape index (κ3) is 4.38. The first-order valence-electron chi connectivity index (χ1n) is 9.94. The number of nitrogens with two attached hydrogens (primary N) is 1. The van der Waals surface area contributed by atoms with Crippen molar-refractivity contribution in [1.82, 2.24) is 0 Å². The zero-order chi connectivity index (χ0) is 26.1. The van der Waals surface area contributed by atoms with Gasteiger partial charge in [0, 0.05) is 11.6 Å². The van der Waals surface area contributed by atoms with E-state index in [1.165, 1.54) is 42.5 Å². The van der Waals surface area contributed by atoms with Crippen molar-refractivity contribution in [3.05, 3.63) is 100.0 Å². The highest BCUT2D eigenvalue weighted by Gasteiger charge is 2.31. The van der Waals surface area contributed by atoms with Crippen LogP contribution < -0.4 is 19.9 Å². The van der Waals surface area contributed by atoms with Crippen molar-refractivity contribution in [3.63, 3.8) is 0 Å². The lowest BCUT2D eigenvalue weighted by molar-refractivity contribution is -0.136. The molecule has 0 fully saturated rings. The number of carbonyl (C=O) groups is 1. The molecule has 0 aliphatic carbocycles. The zero-order valence-corrected chi connectivity index (χ0v) is 17.8. The predicted octanol–water partition coefficient (Wildman–Crippen LogP) is 4.72. The highest BCUT2D eigenvalue weighted by atomic mass is 19.2. The van der Waals surface area contributed by atoms with Gasteiger partial charge in [-0.25, -0.2) is 22.4 Å². The van der Waals surface area contributed by atoms with Crippen LogP contribution in [0.15, 0.2) is 53.9 Å². The Morgan fingerprint density at radius 2 is 1.56 bits per heavy atom. The van der Waals surface area contributed by atoms with E-state index in [2.05, 4.69) is 4.74 Å². The van der Waals surface area contributed by atoms with Gasteiger partial charge in [-0.1, -0.05) is 18.2 Å². The molecule has 2 N–H and O–H groups in total. The molecule has 0 saturated carbocycles. The second kappa shape index (κ2) is 9.53. The summed E-state index contributed by atoms with van der Waals surface area (Å²) in [4.78, 5) is 12.1. The topological polar surface area (TPSA) is 94.6 Å². The summed E-state index contributed by atoms with van der Waals surface area (Å²) in [6.45, 7) is -1.20. The molecular weight excluding hydrogens is 494 g/mol. The van der Waals surface area contributed by atoms with E-state index in [-0.39, 0.29) is 23.0 Å². The monoisotopic (exact) mass is 506 g/mol. The van der Waals surface area contributed by atoms with E-state index >= 15 is 0 Å². The van der Waals surface area contributed by atoms with Crippen molar-refractivity contribution in [3.8, 4) is 23.3 Å². The lowest BCUT2D eigenvalue weighted by Crippen LogP contribution is -2.22. The SMILES string of the molecule is N#CC1=C(N)Oc2cc(OC(=O)COc3c(F)c(F)c(F)c(F)c3F)ccc2C1c1ccc(F)cc1. The van der Waals surface area contributed by atoms with Crippen molar-refractivity contribution >= 4 is 5.97 Å². The molecule has 6 nitrogen and oxygen atoms in total. The summed E-state index contributed by atoms with van der Waals surface area (Å²) in [7, 11) is 0. The third-order valence-electron chi connectivity index (χ3n) is 5.13. The fourth-order valence-corrected chi connectivity index (χ4v) is 3.50. The Kier molecular flexibility index (Phi) is 6.48. The van der Waals surface area contributed by atoms with Crippen LogP contribution in [0.2, 0.25) is 0 Å². The van der Waals surface area contributed by atoms with E-state index in [0.717, 1.165) is 0 Å². The Balaban J connectivity index is 1.55. The van der Waals surface area contributed by atoms with Crippen LogP contribution in [-0.4, -0.2) is 12.6 Å². The predicted molar refractivity (Wildman–Crippen MR) is 110 cm³/mol. The lowest BCUT2D eigenvalue weighted by Gasteiger charge is -2.26. The Bertz CT molecular complexity index is 1420.